The van der Waals surface area contributed by atoms with Crippen LogP contribution in [0.4, 0.5) is 18.3 Å². The maximum atomic E-state index is 14.3. The molecule has 0 radical (unpaired) electrons. The molecular weight excluding hydrogens is 519 g/mol. The van der Waals surface area contributed by atoms with Crippen LogP contribution in [0.25, 0.3) is 0 Å². The number of fused-ring (bicyclic) bond motifs is 2. The number of amides is 1. The van der Waals surface area contributed by atoms with Gasteiger partial charge < -0.3 is 24.6 Å². The molecule has 3 aliphatic heterocycles. The number of nitrogens with zero attached hydrogens (tertiary/aromatic N) is 4. The van der Waals surface area contributed by atoms with Gasteiger partial charge in [0.25, 0.3) is 0 Å². The fourth-order valence-electron chi connectivity index (χ4n) is 6.85. The quantitative estimate of drug-likeness (QED) is 0.612. The molecule has 12 heteroatoms. The topological polar surface area (TPSA) is 79.8 Å². The number of nitrogens with one attached hydrogen (secondary N) is 1. The second-order valence-electron chi connectivity index (χ2n) is 10.9. The minimum absolute atomic E-state index is 0.0309. The van der Waals surface area contributed by atoms with Gasteiger partial charge in [0.2, 0.25) is 5.91 Å². The summed E-state index contributed by atoms with van der Waals surface area (Å²) < 4.78 is 51.3. The molecule has 38 heavy (non-hydrogen) atoms. The Balaban J connectivity index is 1.24. The third-order valence-corrected chi connectivity index (χ3v) is 9.53. The number of aromatic nitrogens is 2. The lowest BCUT2D eigenvalue weighted by Gasteiger charge is -2.37. The van der Waals surface area contributed by atoms with E-state index in [1.54, 1.807) is 29.5 Å². The van der Waals surface area contributed by atoms with Gasteiger partial charge in [-0.3, -0.25) is 9.78 Å². The van der Waals surface area contributed by atoms with E-state index < -0.39 is 17.2 Å². The van der Waals surface area contributed by atoms with Crippen molar-refractivity contribution in [3.05, 3.63) is 40.7 Å². The highest BCUT2D eigenvalue weighted by Crippen LogP contribution is 2.51. The van der Waals surface area contributed by atoms with E-state index in [2.05, 4.69) is 20.2 Å². The van der Waals surface area contributed by atoms with Crippen LogP contribution in [0, 0.1) is 11.3 Å². The van der Waals surface area contributed by atoms with E-state index in [-0.39, 0.29) is 36.6 Å². The van der Waals surface area contributed by atoms with E-state index in [1.165, 1.54) is 0 Å². The van der Waals surface area contributed by atoms with Crippen molar-refractivity contribution >= 4 is 22.4 Å². The second kappa shape index (κ2) is 10.0. The highest BCUT2D eigenvalue weighted by Gasteiger charge is 2.59. The second-order valence-corrected chi connectivity index (χ2v) is 11.8. The summed E-state index contributed by atoms with van der Waals surface area (Å²) in [5.41, 5.74) is -0.265. The van der Waals surface area contributed by atoms with Gasteiger partial charge in [0.05, 0.1) is 23.7 Å². The van der Waals surface area contributed by atoms with Crippen molar-refractivity contribution in [2.45, 2.75) is 56.6 Å². The summed E-state index contributed by atoms with van der Waals surface area (Å²) in [7, 11) is 1.70. The number of hydrogen-bond acceptors (Lipinski definition) is 8. The molecule has 2 unspecified atom stereocenters. The Morgan fingerprint density at radius 3 is 2.97 bits per heavy atom. The van der Waals surface area contributed by atoms with Gasteiger partial charge in [0.15, 0.2) is 5.13 Å². The molecule has 5 atom stereocenters. The van der Waals surface area contributed by atoms with Crippen molar-refractivity contribution in [3.8, 4) is 0 Å². The Morgan fingerprint density at radius 1 is 1.34 bits per heavy atom. The normalized spacial score (nSPS) is 31.4. The first-order chi connectivity index (χ1) is 18.3. The molecule has 0 bridgehead atoms. The molecule has 3 fully saturated rings. The number of hydrogen-bond donors (Lipinski definition) is 1. The van der Waals surface area contributed by atoms with Gasteiger partial charge in [-0.1, -0.05) is 0 Å². The molecule has 5 heterocycles. The number of carbonyl (C=O) groups is 1. The van der Waals surface area contributed by atoms with Crippen LogP contribution in [0.15, 0.2) is 23.8 Å². The lowest BCUT2D eigenvalue weighted by atomic mass is 9.78. The van der Waals surface area contributed by atoms with E-state index in [0.29, 0.717) is 50.4 Å². The number of anilines is 1. The molecule has 2 saturated heterocycles. The molecule has 2 aromatic heterocycles. The summed E-state index contributed by atoms with van der Waals surface area (Å²) >= 11 is 1.56. The summed E-state index contributed by atoms with van der Waals surface area (Å²) in [5, 5.41) is 6.62. The van der Waals surface area contributed by atoms with Gasteiger partial charge in [-0.25, -0.2) is 4.98 Å². The largest absolute Gasteiger partial charge is 0.417 e. The summed E-state index contributed by atoms with van der Waals surface area (Å²) in [6.45, 7) is 3.14. The first-order valence-electron chi connectivity index (χ1n) is 13.1. The Morgan fingerprint density at radius 2 is 2.21 bits per heavy atom. The molecule has 0 aromatic carbocycles. The van der Waals surface area contributed by atoms with E-state index in [9.17, 15) is 18.0 Å². The number of thiazole rings is 1. The van der Waals surface area contributed by atoms with Crippen molar-refractivity contribution in [2.24, 2.45) is 11.3 Å². The van der Waals surface area contributed by atoms with Crippen molar-refractivity contribution in [3.63, 3.8) is 0 Å². The zero-order valence-electron chi connectivity index (χ0n) is 21.2. The van der Waals surface area contributed by atoms with Crippen LogP contribution in [0.3, 0.4) is 0 Å². The van der Waals surface area contributed by atoms with E-state index >= 15 is 0 Å². The van der Waals surface area contributed by atoms with Crippen LogP contribution in [0.2, 0.25) is 0 Å². The number of rotatable bonds is 5. The van der Waals surface area contributed by atoms with Crippen LogP contribution in [-0.2, 0) is 33.4 Å². The monoisotopic (exact) mass is 551 g/mol. The number of ether oxygens (including phenoxy) is 2. The summed E-state index contributed by atoms with van der Waals surface area (Å²) in [4.78, 5) is 26.9. The van der Waals surface area contributed by atoms with Crippen molar-refractivity contribution in [2.75, 3.05) is 44.9 Å². The predicted octanol–water partition coefficient (Wildman–Crippen LogP) is 3.12. The van der Waals surface area contributed by atoms with Crippen molar-refractivity contribution < 1.29 is 27.4 Å². The van der Waals surface area contributed by atoms with Crippen molar-refractivity contribution in [1.29, 1.82) is 0 Å². The third kappa shape index (κ3) is 4.69. The molecule has 0 spiro atoms. The van der Waals surface area contributed by atoms with Crippen LogP contribution >= 0.6 is 11.3 Å². The summed E-state index contributed by atoms with van der Waals surface area (Å²) in [6.07, 6.45) is 1.00. The first kappa shape index (κ1) is 26.0. The lowest BCUT2D eigenvalue weighted by Crippen LogP contribution is -2.52. The molecule has 1 aliphatic carbocycles. The Bertz CT molecular complexity index is 1170. The van der Waals surface area contributed by atoms with Gasteiger partial charge in [-0.15, -0.1) is 11.3 Å². The smallest absolute Gasteiger partial charge is 0.379 e. The maximum absolute atomic E-state index is 14.3. The van der Waals surface area contributed by atoms with Crippen LogP contribution in [0.5, 0.6) is 0 Å². The highest BCUT2D eigenvalue weighted by molar-refractivity contribution is 7.13. The fraction of sp³-hybridized carbons (Fsp3) is 0.654. The van der Waals surface area contributed by atoms with Gasteiger partial charge in [-0.2, -0.15) is 13.2 Å². The molecular formula is C26H32F3N5O3S. The lowest BCUT2D eigenvalue weighted by molar-refractivity contribution is -0.143. The van der Waals surface area contributed by atoms with E-state index in [4.69, 9.17) is 9.47 Å². The molecule has 6 rings (SSSR count). The standard InChI is InChI=1S/C26H32F3N5O3S/c1-36-22-14-37-6-3-21(22)32-19-9-18-13-34(24-30-4-7-38-24)15-25(18,10-19)23(35)33-5-2-20-16(12-33)8-17(11-31-20)26(27,28)29/h4,7-8,11,18-19,21-22,32H,2-3,5-6,9-10,12-15H2,1H3/t18-,19+,21?,22?,25-/m0/s1. The van der Waals surface area contributed by atoms with Crippen molar-refractivity contribution in [1.82, 2.24) is 20.2 Å². The van der Waals surface area contributed by atoms with E-state index in [0.717, 1.165) is 36.8 Å². The molecule has 4 aliphatic rings. The van der Waals surface area contributed by atoms with Gasteiger partial charge in [0, 0.05) is 81.9 Å². The minimum Gasteiger partial charge on any atom is -0.379 e. The van der Waals surface area contributed by atoms with Crippen LogP contribution in [-0.4, -0.2) is 78.9 Å². The Kier molecular flexibility index (Phi) is 6.86. The zero-order valence-corrected chi connectivity index (χ0v) is 22.1. The van der Waals surface area contributed by atoms with Gasteiger partial charge >= 0.3 is 6.18 Å². The summed E-state index contributed by atoms with van der Waals surface area (Å²) in [5.74, 6) is 0.155. The number of carbonyl (C=O) groups excluding carboxylic acids is 1. The molecule has 2 aromatic rings. The minimum atomic E-state index is -4.47. The van der Waals surface area contributed by atoms with Crippen LogP contribution in [0.1, 0.15) is 36.1 Å². The molecule has 1 saturated carbocycles. The number of halogens is 3. The van der Waals surface area contributed by atoms with Crippen LogP contribution < -0.4 is 10.2 Å². The molecule has 1 N–H and O–H groups in total. The Hall–Kier alpha value is -2.28. The number of alkyl halides is 3. The first-order valence-corrected chi connectivity index (χ1v) is 14.0. The SMILES string of the molecule is COC1COCCC1N[C@@H]1C[C@H]2CN(c3nccs3)C[C@@]2(C(=O)N2CCc3ncc(C(F)(F)F)cc3C2)C1. The number of methoxy groups -OCH3 is 1. The zero-order chi connectivity index (χ0) is 26.5. The maximum Gasteiger partial charge on any atom is 0.417 e. The van der Waals surface area contributed by atoms with E-state index in [1.807, 2.05) is 5.38 Å². The average molecular weight is 552 g/mol. The molecule has 8 nitrogen and oxygen atoms in total. The van der Waals surface area contributed by atoms with Gasteiger partial charge in [-0.05, 0) is 36.8 Å². The molecule has 1 amide bonds. The average Bonchev–Trinajstić information content (AvgIpc) is 3.63. The Labute approximate surface area is 223 Å². The fourth-order valence-corrected chi connectivity index (χ4v) is 7.51. The third-order valence-electron chi connectivity index (χ3n) is 8.70. The predicted molar refractivity (Wildman–Crippen MR) is 135 cm³/mol. The summed E-state index contributed by atoms with van der Waals surface area (Å²) in [6, 6.07) is 1.47. The highest BCUT2D eigenvalue weighted by atomic mass is 32.1. The van der Waals surface area contributed by atoms with Gasteiger partial charge in [0.1, 0.15) is 0 Å². The number of pyridine rings is 1. The molecule has 206 valence electrons.